The van der Waals surface area contributed by atoms with Crippen LogP contribution in [0, 0.1) is 26.7 Å². The van der Waals surface area contributed by atoms with E-state index in [1.54, 1.807) is 0 Å². The molecule has 0 unspecified atom stereocenters. The molecule has 1 fully saturated rings. The number of nitrogens with one attached hydrogen (secondary N) is 2. The number of Topliss-reactive ketones (excluding diaryl/α,β-unsaturated/α-hetero) is 2. The molecular weight excluding hydrogens is 953 g/mol. The zero-order valence-electron chi connectivity index (χ0n) is 35.6. The molecule has 65 heavy (non-hydrogen) atoms. The van der Waals surface area contributed by atoms with Gasteiger partial charge in [-0.2, -0.15) is 13.2 Å². The third kappa shape index (κ3) is 7.82. The van der Waals surface area contributed by atoms with Gasteiger partial charge in [0.2, 0.25) is 5.78 Å². The molecule has 1 saturated carbocycles. The molecule has 5 heterocycles. The van der Waals surface area contributed by atoms with Crippen molar-refractivity contribution in [1.82, 2.24) is 19.9 Å². The second-order valence-corrected chi connectivity index (χ2v) is 18.8. The second-order valence-electron chi connectivity index (χ2n) is 17.3. The van der Waals surface area contributed by atoms with Gasteiger partial charge in [0.25, 0.3) is 0 Å². The Hall–Kier alpha value is -6.17. The van der Waals surface area contributed by atoms with Gasteiger partial charge in [-0.15, -0.1) is 0 Å². The summed E-state index contributed by atoms with van der Waals surface area (Å²) < 4.78 is 43.1. The van der Waals surface area contributed by atoms with Crippen LogP contribution in [0.25, 0.3) is 79.8 Å². The quantitative estimate of drug-likeness (QED) is 0.168. The van der Waals surface area contributed by atoms with Crippen LogP contribution in [0.3, 0.4) is 0 Å². The highest BCUT2D eigenvalue weighted by atomic mass is 79.9. The number of allylic oxidation sites excluding steroid dienone is 4. The maximum absolute atomic E-state index is 14.6. The predicted molar refractivity (Wildman–Crippen MR) is 262 cm³/mol. The van der Waals surface area contributed by atoms with E-state index in [0.29, 0.717) is 12.8 Å². The zero-order chi connectivity index (χ0) is 45.3. The van der Waals surface area contributed by atoms with Crippen LogP contribution >= 0.6 is 31.9 Å². The molecule has 10 rings (SSSR count). The molecule has 3 aromatic heterocycles. The third-order valence-electron chi connectivity index (χ3n) is 13.0. The molecule has 0 saturated heterocycles. The van der Waals surface area contributed by atoms with Crippen molar-refractivity contribution < 1.29 is 22.8 Å². The Morgan fingerprint density at radius 2 is 0.846 bits per heavy atom. The number of halogens is 5. The van der Waals surface area contributed by atoms with Gasteiger partial charge in [0.1, 0.15) is 5.57 Å². The number of carbonyl (C=O) groups is 2. The number of aromatic nitrogens is 4. The van der Waals surface area contributed by atoms with E-state index in [1.807, 2.05) is 24.3 Å². The Bertz CT molecular complexity index is 3130. The van der Waals surface area contributed by atoms with Crippen molar-refractivity contribution in [2.75, 3.05) is 0 Å². The lowest BCUT2D eigenvalue weighted by Gasteiger charge is -2.33. The first-order chi connectivity index (χ1) is 31.2. The molecule has 2 aliphatic heterocycles. The van der Waals surface area contributed by atoms with E-state index in [0.717, 1.165) is 100 Å². The van der Waals surface area contributed by atoms with E-state index in [4.69, 9.17) is 9.97 Å². The first-order valence-electron chi connectivity index (χ1n) is 21.6. The summed E-state index contributed by atoms with van der Waals surface area (Å²) in [5, 5.41) is 0. The lowest BCUT2D eigenvalue weighted by molar-refractivity contribution is -0.128. The van der Waals surface area contributed by atoms with Crippen molar-refractivity contribution in [1.29, 1.82) is 0 Å². The summed E-state index contributed by atoms with van der Waals surface area (Å²) >= 11 is 6.04. The van der Waals surface area contributed by atoms with Crippen LogP contribution in [0.5, 0.6) is 0 Å². The fourth-order valence-corrected chi connectivity index (χ4v) is 10.5. The lowest BCUT2D eigenvalue weighted by atomic mass is 9.72. The lowest BCUT2D eigenvalue weighted by Crippen LogP contribution is -2.33. The zero-order valence-corrected chi connectivity index (χ0v) is 38.8. The van der Waals surface area contributed by atoms with Gasteiger partial charge >= 0.3 is 6.18 Å². The predicted octanol–water partition coefficient (Wildman–Crippen LogP) is 14.9. The number of aromatic amines is 2. The van der Waals surface area contributed by atoms with Gasteiger partial charge in [0.05, 0.1) is 31.7 Å². The monoisotopic (exact) mass is 992 g/mol. The number of alkyl halides is 3. The van der Waals surface area contributed by atoms with Gasteiger partial charge in [0, 0.05) is 49.9 Å². The summed E-state index contributed by atoms with van der Waals surface area (Å²) in [5.41, 5.74) is 14.8. The van der Waals surface area contributed by atoms with Crippen LogP contribution < -0.4 is 0 Å². The van der Waals surface area contributed by atoms with Crippen LogP contribution in [0.15, 0.2) is 117 Å². The minimum atomic E-state index is -4.99. The van der Waals surface area contributed by atoms with Gasteiger partial charge in [-0.3, -0.25) is 9.59 Å². The number of hydrogen-bond acceptors (Lipinski definition) is 4. The highest BCUT2D eigenvalue weighted by Gasteiger charge is 2.49. The van der Waals surface area contributed by atoms with Crippen molar-refractivity contribution >= 4 is 89.8 Å². The number of benzene rings is 3. The summed E-state index contributed by atoms with van der Waals surface area (Å²) in [5.74, 6) is -2.98. The number of nitrogens with zero attached hydrogens (tertiary/aromatic N) is 2. The highest BCUT2D eigenvalue weighted by molar-refractivity contribution is 9.14. The Balaban J connectivity index is 1.23. The maximum atomic E-state index is 14.6. The van der Waals surface area contributed by atoms with Gasteiger partial charge in [0.15, 0.2) is 5.78 Å². The average Bonchev–Trinajstić information content (AvgIpc) is 4.14. The number of rotatable bonds is 5. The van der Waals surface area contributed by atoms with E-state index in [9.17, 15) is 22.8 Å². The standard InChI is InChI=1S/C54H41Br2F3N4O2/c1-28-4-10-31(11-5-28)44-36-20-22-38(60-36)45(32-12-6-29(2)7-13-32)40-24-26-42(62-40)47(34-16-18-35(19-17-34)48-49(54(57,58)59)53(65)51(56)50(55)52(48)64)43-27-25-41(63-43)46(39-23-21-37(44)61-39)33-14-8-30(3)9-15-33/h4-15,20-27,34-35,60-61H,16-19H2,1-3H3. The fraction of sp³-hybridized carbons (Fsp3) is 0.185. The van der Waals surface area contributed by atoms with Gasteiger partial charge in [-0.25, -0.2) is 9.97 Å². The number of ketones is 2. The first kappa shape index (κ1) is 42.8. The number of carbonyl (C=O) groups excluding carboxylic acids is 2. The summed E-state index contributed by atoms with van der Waals surface area (Å²) in [4.78, 5) is 45.0. The molecule has 0 spiro atoms. The highest BCUT2D eigenvalue weighted by Crippen LogP contribution is 2.48. The summed E-state index contributed by atoms with van der Waals surface area (Å²) in [6.45, 7) is 6.20. The van der Waals surface area contributed by atoms with Gasteiger partial charge in [-0.05, 0) is 155 Å². The molecule has 6 aromatic rings. The van der Waals surface area contributed by atoms with Crippen molar-refractivity contribution in [2.24, 2.45) is 5.92 Å². The Kier molecular flexibility index (Phi) is 11.0. The van der Waals surface area contributed by atoms with Crippen LogP contribution in [-0.4, -0.2) is 37.7 Å². The van der Waals surface area contributed by atoms with Crippen LogP contribution in [0.2, 0.25) is 0 Å². The Labute approximate surface area is 390 Å². The van der Waals surface area contributed by atoms with Crippen molar-refractivity contribution in [3.05, 3.63) is 162 Å². The minimum Gasteiger partial charge on any atom is -0.354 e. The minimum absolute atomic E-state index is 0.169. The van der Waals surface area contributed by atoms with Crippen molar-refractivity contribution in [3.63, 3.8) is 0 Å². The molecule has 0 atom stereocenters. The molecule has 324 valence electrons. The molecule has 4 aliphatic rings. The van der Waals surface area contributed by atoms with Crippen molar-refractivity contribution in [2.45, 2.75) is 58.5 Å². The van der Waals surface area contributed by atoms with E-state index in [1.165, 1.54) is 0 Å². The summed E-state index contributed by atoms with van der Waals surface area (Å²) in [6, 6.07) is 33.7. The number of hydrogen-bond donors (Lipinski definition) is 2. The van der Waals surface area contributed by atoms with E-state index < -0.39 is 39.3 Å². The molecule has 0 radical (unpaired) electrons. The Morgan fingerprint density at radius 1 is 0.492 bits per heavy atom. The van der Waals surface area contributed by atoms with E-state index in [2.05, 4.69) is 160 Å². The SMILES string of the molecule is Cc1ccc(-c2c3nc(c(C4CCC(C5=C(C(F)(F)F)C(=O)C(Br)=C(Br)C5=O)CC4)c4nc(c(-c5ccc(C)cc5)c5ccc([nH]5)c(-c5ccc(C)cc5)c5ccc2[nH]5)C=C4)C=C3)cc1. The van der Waals surface area contributed by atoms with Crippen molar-refractivity contribution in [3.8, 4) is 33.4 Å². The number of H-pyrrole nitrogens is 2. The van der Waals surface area contributed by atoms with E-state index >= 15 is 0 Å². The molecular formula is C54H41Br2F3N4O2. The molecule has 3 aromatic carbocycles. The summed E-state index contributed by atoms with van der Waals surface area (Å²) in [6.07, 6.45) is 4.51. The fourth-order valence-electron chi connectivity index (χ4n) is 9.73. The van der Waals surface area contributed by atoms with Crippen LogP contribution in [-0.2, 0) is 9.59 Å². The molecule has 2 N–H and O–H groups in total. The molecule has 11 heteroatoms. The molecule has 2 aliphatic carbocycles. The normalized spacial score (nSPS) is 17.7. The van der Waals surface area contributed by atoms with E-state index in [-0.39, 0.29) is 23.2 Å². The largest absolute Gasteiger partial charge is 0.420 e. The number of fused-ring (bicyclic) bond motifs is 8. The third-order valence-corrected chi connectivity index (χ3v) is 15.0. The average molecular weight is 995 g/mol. The smallest absolute Gasteiger partial charge is 0.354 e. The molecule has 6 nitrogen and oxygen atoms in total. The molecule has 8 bridgehead atoms. The Morgan fingerprint density at radius 3 is 1.26 bits per heavy atom. The molecule has 0 amide bonds. The summed E-state index contributed by atoms with van der Waals surface area (Å²) in [7, 11) is 0. The van der Waals surface area contributed by atoms with Gasteiger partial charge < -0.3 is 9.97 Å². The van der Waals surface area contributed by atoms with Crippen LogP contribution in [0.4, 0.5) is 13.2 Å². The number of aryl methyl sites for hydroxylation is 3. The second kappa shape index (κ2) is 16.7. The maximum Gasteiger partial charge on any atom is 0.420 e. The first-order valence-corrected chi connectivity index (χ1v) is 23.2. The van der Waals surface area contributed by atoms with Gasteiger partial charge in [-0.1, -0.05) is 89.5 Å². The van der Waals surface area contributed by atoms with Crippen LogP contribution in [0.1, 0.15) is 76.6 Å². The topological polar surface area (TPSA) is 91.5 Å².